The largest absolute Gasteiger partial charge is 0.511 e. The molecular formula is C6H7NO2. The van der Waals surface area contributed by atoms with Gasteiger partial charge in [-0.1, -0.05) is 0 Å². The first-order chi connectivity index (χ1) is 4.27. The van der Waals surface area contributed by atoms with Gasteiger partial charge in [0.25, 0.3) is 0 Å². The lowest BCUT2D eigenvalue weighted by Gasteiger charge is -2.32. The Bertz CT molecular complexity index is 197. The molecule has 1 atom stereocenters. The van der Waals surface area contributed by atoms with Crippen molar-refractivity contribution in [3.8, 4) is 0 Å². The van der Waals surface area contributed by atoms with Crippen molar-refractivity contribution >= 4 is 5.91 Å². The maximum Gasteiger partial charge on any atom is 0.229 e. The van der Waals surface area contributed by atoms with Crippen LogP contribution in [-0.4, -0.2) is 22.0 Å². The molecule has 0 aliphatic carbocycles. The average molecular weight is 125 g/mol. The number of β-lactam (4-membered cyclic amide) rings is 1. The van der Waals surface area contributed by atoms with Crippen LogP contribution in [0.15, 0.2) is 12.0 Å². The lowest BCUT2D eigenvalue weighted by Crippen LogP contribution is -2.45. The maximum atomic E-state index is 10.6. The molecular weight excluding hydrogens is 118 g/mol. The van der Waals surface area contributed by atoms with Crippen LogP contribution in [0.4, 0.5) is 0 Å². The first-order valence-corrected chi connectivity index (χ1v) is 2.98. The topological polar surface area (TPSA) is 40.5 Å². The first kappa shape index (κ1) is 4.85. The molecule has 0 saturated carbocycles. The van der Waals surface area contributed by atoms with Crippen molar-refractivity contribution in [2.24, 2.45) is 0 Å². The second kappa shape index (κ2) is 1.29. The number of carbonyl (C=O) groups excluding carboxylic acids is 1. The monoisotopic (exact) mass is 125 g/mol. The fourth-order valence-electron chi connectivity index (χ4n) is 1.30. The molecule has 1 unspecified atom stereocenters. The third-order valence-corrected chi connectivity index (χ3v) is 1.82. The molecule has 1 fully saturated rings. The average Bonchev–Trinajstić information content (AvgIpc) is 2.08. The molecule has 9 heavy (non-hydrogen) atoms. The zero-order valence-electron chi connectivity index (χ0n) is 4.87. The van der Waals surface area contributed by atoms with Gasteiger partial charge in [-0.25, -0.2) is 0 Å². The van der Waals surface area contributed by atoms with Crippen molar-refractivity contribution in [2.45, 2.75) is 18.9 Å². The minimum Gasteiger partial charge on any atom is -0.511 e. The highest BCUT2D eigenvalue weighted by Crippen LogP contribution is 2.30. The minimum absolute atomic E-state index is 0.129. The van der Waals surface area contributed by atoms with Crippen LogP contribution in [-0.2, 0) is 4.79 Å². The zero-order valence-corrected chi connectivity index (χ0v) is 4.87. The SMILES string of the molecule is O=C1CC2CC(O)=CN12. The summed E-state index contributed by atoms with van der Waals surface area (Å²) in [6, 6.07) is 0.289. The lowest BCUT2D eigenvalue weighted by atomic mass is 10.0. The molecule has 1 amide bonds. The van der Waals surface area contributed by atoms with E-state index in [1.165, 1.54) is 6.20 Å². The fourth-order valence-corrected chi connectivity index (χ4v) is 1.30. The Hall–Kier alpha value is -0.990. The van der Waals surface area contributed by atoms with Gasteiger partial charge in [0.2, 0.25) is 5.91 Å². The van der Waals surface area contributed by atoms with Gasteiger partial charge in [-0.2, -0.15) is 0 Å². The van der Waals surface area contributed by atoms with Gasteiger partial charge in [0.15, 0.2) is 0 Å². The number of hydrogen-bond acceptors (Lipinski definition) is 2. The number of nitrogens with zero attached hydrogens (tertiary/aromatic N) is 1. The number of carbonyl (C=O) groups is 1. The van der Waals surface area contributed by atoms with E-state index in [2.05, 4.69) is 0 Å². The van der Waals surface area contributed by atoms with Gasteiger partial charge in [0.1, 0.15) is 5.76 Å². The molecule has 0 aromatic heterocycles. The summed E-state index contributed by atoms with van der Waals surface area (Å²) in [6.45, 7) is 0. The van der Waals surface area contributed by atoms with Gasteiger partial charge < -0.3 is 10.0 Å². The molecule has 1 N–H and O–H groups in total. The van der Waals surface area contributed by atoms with E-state index in [9.17, 15) is 4.79 Å². The summed E-state index contributed by atoms with van der Waals surface area (Å²) < 4.78 is 0. The van der Waals surface area contributed by atoms with Crippen molar-refractivity contribution < 1.29 is 9.90 Å². The van der Waals surface area contributed by atoms with Crippen LogP contribution in [0.1, 0.15) is 12.8 Å². The quantitative estimate of drug-likeness (QED) is 0.476. The van der Waals surface area contributed by atoms with Crippen LogP contribution in [0.2, 0.25) is 0 Å². The molecule has 0 bridgehead atoms. The van der Waals surface area contributed by atoms with Crippen LogP contribution in [0.25, 0.3) is 0 Å². The van der Waals surface area contributed by atoms with Crippen molar-refractivity contribution in [1.82, 2.24) is 4.90 Å². The molecule has 48 valence electrons. The number of rotatable bonds is 0. The van der Waals surface area contributed by atoms with Crippen molar-refractivity contribution in [1.29, 1.82) is 0 Å². The van der Waals surface area contributed by atoms with Crippen molar-refractivity contribution in [3.05, 3.63) is 12.0 Å². The van der Waals surface area contributed by atoms with Gasteiger partial charge in [0, 0.05) is 19.0 Å². The summed E-state index contributed by atoms with van der Waals surface area (Å²) >= 11 is 0. The Balaban J connectivity index is 2.21. The molecule has 0 aromatic rings. The normalized spacial score (nSPS) is 31.6. The zero-order chi connectivity index (χ0) is 6.43. The number of aliphatic hydroxyl groups excluding tert-OH is 1. The third kappa shape index (κ3) is 0.487. The molecule has 2 aliphatic rings. The Morgan fingerprint density at radius 3 is 2.89 bits per heavy atom. The Morgan fingerprint density at radius 1 is 1.67 bits per heavy atom. The minimum atomic E-state index is 0.129. The summed E-state index contributed by atoms with van der Waals surface area (Å²) in [5, 5.41) is 8.90. The van der Waals surface area contributed by atoms with Crippen LogP contribution >= 0.6 is 0 Å². The highest BCUT2D eigenvalue weighted by Gasteiger charge is 2.39. The van der Waals surface area contributed by atoms with Gasteiger partial charge in [-0.3, -0.25) is 4.79 Å². The van der Waals surface area contributed by atoms with E-state index in [0.717, 1.165) is 0 Å². The van der Waals surface area contributed by atoms with E-state index in [1.54, 1.807) is 4.90 Å². The third-order valence-electron chi connectivity index (χ3n) is 1.82. The van der Waals surface area contributed by atoms with E-state index in [0.29, 0.717) is 18.6 Å². The maximum absolute atomic E-state index is 10.6. The molecule has 0 spiro atoms. The second-order valence-corrected chi connectivity index (χ2v) is 2.48. The molecule has 2 rings (SSSR count). The molecule has 0 radical (unpaired) electrons. The summed E-state index contributed by atoms with van der Waals surface area (Å²) in [5.41, 5.74) is 0. The first-order valence-electron chi connectivity index (χ1n) is 2.98. The number of aliphatic hydroxyl groups is 1. The summed E-state index contributed by atoms with van der Waals surface area (Å²) in [7, 11) is 0. The van der Waals surface area contributed by atoms with E-state index in [1.807, 2.05) is 0 Å². The lowest BCUT2D eigenvalue weighted by molar-refractivity contribution is -0.140. The number of hydrogen-bond donors (Lipinski definition) is 1. The predicted molar refractivity (Wildman–Crippen MR) is 30.6 cm³/mol. The highest BCUT2D eigenvalue weighted by atomic mass is 16.3. The Labute approximate surface area is 52.6 Å². The summed E-state index contributed by atoms with van der Waals surface area (Å²) in [4.78, 5) is 12.2. The van der Waals surface area contributed by atoms with E-state index in [4.69, 9.17) is 5.11 Å². The second-order valence-electron chi connectivity index (χ2n) is 2.48. The van der Waals surface area contributed by atoms with E-state index < -0.39 is 0 Å². The molecule has 3 nitrogen and oxygen atoms in total. The summed E-state index contributed by atoms with van der Waals surface area (Å²) in [5.74, 6) is 0.468. The van der Waals surface area contributed by atoms with Crippen molar-refractivity contribution in [2.75, 3.05) is 0 Å². The molecule has 1 saturated heterocycles. The standard InChI is InChI=1S/C6H7NO2/c8-5-1-4-2-6(9)7(4)3-5/h3-4,8H,1-2H2. The Morgan fingerprint density at radius 2 is 2.44 bits per heavy atom. The van der Waals surface area contributed by atoms with Gasteiger partial charge >= 0.3 is 0 Å². The Kier molecular flexibility index (Phi) is 0.695. The molecule has 0 aromatic carbocycles. The number of amides is 1. The molecule has 2 heterocycles. The number of fused-ring (bicyclic) bond motifs is 1. The van der Waals surface area contributed by atoms with Crippen LogP contribution < -0.4 is 0 Å². The van der Waals surface area contributed by atoms with Gasteiger partial charge in [-0.15, -0.1) is 0 Å². The van der Waals surface area contributed by atoms with E-state index >= 15 is 0 Å². The predicted octanol–water partition coefficient (Wildman–Crippen LogP) is 0.390. The van der Waals surface area contributed by atoms with Gasteiger partial charge in [0.05, 0.1) is 6.04 Å². The molecule has 2 aliphatic heterocycles. The smallest absolute Gasteiger partial charge is 0.229 e. The van der Waals surface area contributed by atoms with Crippen LogP contribution in [0.3, 0.4) is 0 Å². The summed E-state index contributed by atoms with van der Waals surface area (Å²) in [6.07, 6.45) is 2.79. The van der Waals surface area contributed by atoms with Crippen molar-refractivity contribution in [3.63, 3.8) is 0 Å². The van der Waals surface area contributed by atoms with Crippen LogP contribution in [0.5, 0.6) is 0 Å². The van der Waals surface area contributed by atoms with E-state index in [-0.39, 0.29) is 11.9 Å². The van der Waals surface area contributed by atoms with Gasteiger partial charge in [-0.05, 0) is 0 Å². The molecule has 3 heteroatoms. The van der Waals surface area contributed by atoms with Crippen LogP contribution in [0, 0.1) is 0 Å². The fraction of sp³-hybridized carbons (Fsp3) is 0.500. The highest BCUT2D eigenvalue weighted by molar-refractivity contribution is 5.85.